The van der Waals surface area contributed by atoms with Crippen molar-refractivity contribution in [2.24, 2.45) is 11.8 Å². The minimum atomic E-state index is -3.90. The van der Waals surface area contributed by atoms with E-state index in [0.717, 1.165) is 0 Å². The average molecular weight is 657 g/mol. The zero-order chi connectivity index (χ0) is 33.0. The summed E-state index contributed by atoms with van der Waals surface area (Å²) in [7, 11) is -7.77. The molecule has 244 valence electrons. The molecule has 3 atom stereocenters. The average Bonchev–Trinajstić information content (AvgIpc) is 2.94. The first-order valence-electron chi connectivity index (χ1n) is 14.3. The van der Waals surface area contributed by atoms with Gasteiger partial charge in [-0.3, -0.25) is 9.52 Å². The molecular formula is C30H42F2N4O6S2. The van der Waals surface area contributed by atoms with Crippen LogP contribution in [0, 0.1) is 11.8 Å². The van der Waals surface area contributed by atoms with Gasteiger partial charge in [0.2, 0.25) is 20.0 Å². The van der Waals surface area contributed by atoms with Crippen LogP contribution < -0.4 is 19.7 Å². The third kappa shape index (κ3) is 8.99. The van der Waals surface area contributed by atoms with Crippen molar-refractivity contribution in [3.63, 3.8) is 0 Å². The van der Waals surface area contributed by atoms with Gasteiger partial charge < -0.3 is 15.3 Å². The number of rotatable bonds is 11. The summed E-state index contributed by atoms with van der Waals surface area (Å²) >= 11 is 0. The lowest BCUT2D eigenvalue weighted by molar-refractivity contribution is 0.102. The van der Waals surface area contributed by atoms with Crippen LogP contribution in [-0.4, -0.2) is 58.3 Å². The smallest absolute Gasteiger partial charge is 0.269 e. The van der Waals surface area contributed by atoms with E-state index in [1.807, 2.05) is 0 Å². The monoisotopic (exact) mass is 656 g/mol. The number of piperidine rings is 1. The largest absolute Gasteiger partial charge is 0.396 e. The van der Waals surface area contributed by atoms with Crippen LogP contribution in [-0.2, 0) is 20.0 Å². The molecule has 0 bridgehead atoms. The Morgan fingerprint density at radius 3 is 2.18 bits per heavy atom. The van der Waals surface area contributed by atoms with Crippen LogP contribution in [0.15, 0.2) is 59.0 Å². The highest BCUT2D eigenvalue weighted by molar-refractivity contribution is 7.93. The van der Waals surface area contributed by atoms with Crippen LogP contribution in [0.5, 0.6) is 0 Å². The summed E-state index contributed by atoms with van der Waals surface area (Å²) in [5, 5.41) is 11.4. The van der Waals surface area contributed by atoms with Gasteiger partial charge in [0.25, 0.3) is 12.0 Å². The van der Waals surface area contributed by atoms with Gasteiger partial charge >= 0.3 is 0 Å². The first-order valence-corrected chi connectivity index (χ1v) is 17.4. The van der Waals surface area contributed by atoms with Crippen molar-refractivity contribution < 1.29 is 35.5 Å². The van der Waals surface area contributed by atoms with E-state index < -0.39 is 42.8 Å². The van der Waals surface area contributed by atoms with E-state index in [-0.39, 0.29) is 71.8 Å². The highest BCUT2D eigenvalue weighted by Gasteiger charge is 2.31. The van der Waals surface area contributed by atoms with Crippen molar-refractivity contribution in [2.75, 3.05) is 34.6 Å². The van der Waals surface area contributed by atoms with Gasteiger partial charge in [0, 0.05) is 30.9 Å². The quantitative estimate of drug-likeness (QED) is 0.262. The van der Waals surface area contributed by atoms with E-state index in [4.69, 9.17) is 0 Å². The fraction of sp³-hybridized carbons (Fsp3) is 0.500. The molecule has 2 aromatic carbocycles. The predicted molar refractivity (Wildman–Crippen MR) is 169 cm³/mol. The van der Waals surface area contributed by atoms with Crippen molar-refractivity contribution in [3.05, 3.63) is 59.7 Å². The number of sulfonamides is 2. The van der Waals surface area contributed by atoms with E-state index in [1.54, 1.807) is 46.4 Å². The van der Waals surface area contributed by atoms with Crippen molar-refractivity contribution >= 4 is 43.0 Å². The third-order valence-corrected chi connectivity index (χ3v) is 11.4. The summed E-state index contributed by atoms with van der Waals surface area (Å²) in [6.45, 7) is 10.4. The summed E-state index contributed by atoms with van der Waals surface area (Å²) in [5.74, 6) is -1.21. The third-order valence-electron chi connectivity index (χ3n) is 7.74. The maximum absolute atomic E-state index is 13.5. The Morgan fingerprint density at radius 1 is 0.977 bits per heavy atom. The molecule has 14 heteroatoms. The minimum Gasteiger partial charge on any atom is -0.396 e. The molecule has 0 aliphatic carbocycles. The van der Waals surface area contributed by atoms with Gasteiger partial charge in [-0.25, -0.2) is 21.6 Å². The van der Waals surface area contributed by atoms with Crippen molar-refractivity contribution in [1.82, 2.24) is 4.72 Å². The molecule has 1 saturated heterocycles. The van der Waals surface area contributed by atoms with E-state index in [9.17, 15) is 35.5 Å². The number of nitrogens with one attached hydrogen (secondary N) is 3. The van der Waals surface area contributed by atoms with Gasteiger partial charge in [-0.1, -0.05) is 19.9 Å². The van der Waals surface area contributed by atoms with Gasteiger partial charge in [-0.15, -0.1) is 0 Å². The van der Waals surface area contributed by atoms with Crippen molar-refractivity contribution in [1.29, 1.82) is 0 Å². The molecule has 0 radical (unpaired) electrons. The molecule has 1 aliphatic heterocycles. The number of carbonyl (C=O) groups is 1. The normalized spacial score (nSPS) is 16.7. The van der Waals surface area contributed by atoms with Crippen LogP contribution in [0.3, 0.4) is 0 Å². The molecule has 4 N–H and O–H groups in total. The standard InChI is InChI=1S/C30H42F2N4O6S2/c1-19(18-37)20(2)21(3)43(39,40)34-24-10-11-26(27(17-24)36-14-12-22(13-15-36)28(31)32)29(38)33-23-8-7-9-25(16-23)44(41,42)35-30(4,5)6/h7-11,16-17,19-21,34-35,37H,12-15,18H2,1-6H3,(H,33,38)/t19?,20-,21?/m1/s1. The molecule has 1 heterocycles. The van der Waals surface area contributed by atoms with Crippen LogP contribution >= 0.6 is 0 Å². The van der Waals surface area contributed by atoms with Crippen LogP contribution in [0.4, 0.5) is 25.8 Å². The number of aliphatic hydroxyl groups is 1. The number of hydrogen-bond acceptors (Lipinski definition) is 7. The number of hydrogen-bond donors (Lipinski definition) is 4. The Balaban J connectivity index is 1.96. The highest BCUT2D eigenvalue weighted by atomic mass is 32.2. The first-order chi connectivity index (χ1) is 20.3. The number of halogens is 2. The second-order valence-corrected chi connectivity index (χ2v) is 16.0. The SMILES string of the molecule is CC(CO)[C@@H](C)C(C)S(=O)(=O)Nc1ccc(C(=O)Nc2cccc(S(=O)(=O)NC(C)(C)C)c2)c(N2CCC(=C(F)F)CC2)c1. The number of amides is 1. The second kappa shape index (κ2) is 13.9. The molecule has 1 aliphatic rings. The fourth-order valence-corrected chi connectivity index (χ4v) is 7.76. The number of aliphatic hydroxyl groups excluding tert-OH is 1. The number of anilines is 3. The van der Waals surface area contributed by atoms with E-state index >= 15 is 0 Å². The summed E-state index contributed by atoms with van der Waals surface area (Å²) in [4.78, 5) is 15.2. The number of nitrogens with zero attached hydrogens (tertiary/aromatic N) is 1. The minimum absolute atomic E-state index is 0.0341. The lowest BCUT2D eigenvalue weighted by Crippen LogP contribution is -2.40. The Morgan fingerprint density at radius 2 is 1.61 bits per heavy atom. The zero-order valence-electron chi connectivity index (χ0n) is 25.8. The first kappa shape index (κ1) is 35.4. The van der Waals surface area contributed by atoms with E-state index in [1.165, 1.54) is 42.5 Å². The lowest BCUT2D eigenvalue weighted by Gasteiger charge is -2.32. The van der Waals surface area contributed by atoms with Crippen LogP contribution in [0.2, 0.25) is 0 Å². The van der Waals surface area contributed by atoms with Gasteiger partial charge in [0.1, 0.15) is 0 Å². The van der Waals surface area contributed by atoms with Gasteiger partial charge in [0.05, 0.1) is 27.1 Å². The molecule has 2 aromatic rings. The second-order valence-electron chi connectivity index (χ2n) is 12.3. The van der Waals surface area contributed by atoms with E-state index in [2.05, 4.69) is 14.8 Å². The Labute approximate surface area is 259 Å². The van der Waals surface area contributed by atoms with Gasteiger partial charge in [0.15, 0.2) is 0 Å². The van der Waals surface area contributed by atoms with Crippen molar-refractivity contribution in [2.45, 2.75) is 70.1 Å². The molecule has 1 amide bonds. The zero-order valence-corrected chi connectivity index (χ0v) is 27.5. The molecule has 2 unspecified atom stereocenters. The summed E-state index contributed by atoms with van der Waals surface area (Å²) in [5.41, 5.74) is 0.198. The predicted octanol–water partition coefficient (Wildman–Crippen LogP) is 5.16. The van der Waals surface area contributed by atoms with Crippen molar-refractivity contribution in [3.8, 4) is 0 Å². The molecule has 0 aromatic heterocycles. The van der Waals surface area contributed by atoms with E-state index in [0.29, 0.717) is 5.69 Å². The lowest BCUT2D eigenvalue weighted by atomic mass is 9.94. The molecule has 3 rings (SSSR count). The molecule has 0 saturated carbocycles. The molecule has 44 heavy (non-hydrogen) atoms. The Bertz CT molecular complexity index is 1590. The molecular weight excluding hydrogens is 614 g/mol. The summed E-state index contributed by atoms with van der Waals surface area (Å²) in [6, 6.07) is 10.1. The fourth-order valence-electron chi connectivity index (χ4n) is 4.83. The number of carbonyl (C=O) groups excluding carboxylic acids is 1. The van der Waals surface area contributed by atoms with Gasteiger partial charge in [-0.2, -0.15) is 8.78 Å². The molecule has 1 fully saturated rings. The number of benzene rings is 2. The summed E-state index contributed by atoms with van der Waals surface area (Å²) < 4.78 is 83.7. The van der Waals surface area contributed by atoms with Crippen LogP contribution in [0.25, 0.3) is 0 Å². The van der Waals surface area contributed by atoms with Crippen LogP contribution in [0.1, 0.15) is 64.7 Å². The Kier molecular flexibility index (Phi) is 11.2. The topological polar surface area (TPSA) is 145 Å². The molecule has 10 nitrogen and oxygen atoms in total. The van der Waals surface area contributed by atoms with Gasteiger partial charge in [-0.05, 0) is 94.3 Å². The molecule has 0 spiro atoms. The maximum Gasteiger partial charge on any atom is 0.269 e. The highest BCUT2D eigenvalue weighted by Crippen LogP contribution is 2.32. The maximum atomic E-state index is 13.5. The summed E-state index contributed by atoms with van der Waals surface area (Å²) in [6.07, 6.45) is -1.57. The Hall–Kier alpha value is -3.07.